The van der Waals surface area contributed by atoms with E-state index in [9.17, 15) is 14.9 Å². The fourth-order valence-corrected chi connectivity index (χ4v) is 3.43. The third-order valence-corrected chi connectivity index (χ3v) is 5.21. The van der Waals surface area contributed by atoms with Crippen molar-refractivity contribution in [2.45, 2.75) is 19.4 Å². The van der Waals surface area contributed by atoms with Gasteiger partial charge in [-0.05, 0) is 42.8 Å². The maximum Gasteiger partial charge on any atom is 0.268 e. The van der Waals surface area contributed by atoms with Crippen molar-refractivity contribution in [3.63, 3.8) is 0 Å². The van der Waals surface area contributed by atoms with Gasteiger partial charge in [-0.3, -0.25) is 9.59 Å². The lowest BCUT2D eigenvalue weighted by Gasteiger charge is -2.14. The Labute approximate surface area is 204 Å². The van der Waals surface area contributed by atoms with Crippen LogP contribution < -0.4 is 19.8 Å². The molecule has 3 rings (SSSR count). The molecule has 0 aliphatic rings. The second-order valence-corrected chi connectivity index (χ2v) is 7.65. The van der Waals surface area contributed by atoms with Crippen molar-refractivity contribution in [2.75, 3.05) is 34.0 Å². The third kappa shape index (κ3) is 6.95. The number of nitrogens with zero attached hydrogens (tertiary/aromatic N) is 2. The maximum atomic E-state index is 13.5. The second-order valence-electron chi connectivity index (χ2n) is 7.65. The molecule has 0 atom stereocenters. The van der Waals surface area contributed by atoms with Gasteiger partial charge in [0, 0.05) is 38.4 Å². The summed E-state index contributed by atoms with van der Waals surface area (Å²) < 4.78 is 23.3. The monoisotopic (exact) mass is 476 g/mol. The Morgan fingerprint density at radius 2 is 1.71 bits per heavy atom. The molecule has 0 spiro atoms. The van der Waals surface area contributed by atoms with E-state index in [0.29, 0.717) is 50.7 Å². The van der Waals surface area contributed by atoms with Crippen molar-refractivity contribution in [3.8, 4) is 23.3 Å². The Kier molecular flexibility index (Phi) is 9.46. The van der Waals surface area contributed by atoms with Crippen LogP contribution in [-0.2, 0) is 11.3 Å². The number of pyridine rings is 1. The van der Waals surface area contributed by atoms with E-state index < -0.39 is 5.56 Å². The highest BCUT2D eigenvalue weighted by Crippen LogP contribution is 2.27. The number of nitriles is 1. The van der Waals surface area contributed by atoms with E-state index in [-0.39, 0.29) is 22.5 Å². The zero-order valence-electron chi connectivity index (χ0n) is 19.9. The summed E-state index contributed by atoms with van der Waals surface area (Å²) >= 11 is 0. The first-order valence-corrected chi connectivity index (χ1v) is 11.2. The summed E-state index contributed by atoms with van der Waals surface area (Å²) in [7, 11) is 3.08. The van der Waals surface area contributed by atoms with Gasteiger partial charge in [-0.2, -0.15) is 5.26 Å². The number of methoxy groups -OCH3 is 2. The predicted molar refractivity (Wildman–Crippen MR) is 130 cm³/mol. The fraction of sp³-hybridized carbons (Fsp3) is 0.296. The molecule has 0 radical (unpaired) electrons. The number of hydrogen-bond acceptors (Lipinski definition) is 7. The zero-order chi connectivity index (χ0) is 25.0. The van der Waals surface area contributed by atoms with E-state index in [1.165, 1.54) is 23.9 Å². The van der Waals surface area contributed by atoms with Crippen LogP contribution in [0.1, 0.15) is 34.3 Å². The molecule has 1 heterocycles. The van der Waals surface area contributed by atoms with Gasteiger partial charge in [0.1, 0.15) is 28.9 Å². The lowest BCUT2D eigenvalue weighted by atomic mass is 10.0. The molecule has 2 aromatic carbocycles. The van der Waals surface area contributed by atoms with Crippen LogP contribution in [0.25, 0.3) is 0 Å². The third-order valence-electron chi connectivity index (χ3n) is 5.21. The quantitative estimate of drug-likeness (QED) is 0.273. The number of hydrogen-bond donors (Lipinski definition) is 0. The summed E-state index contributed by atoms with van der Waals surface area (Å²) in [6.07, 6.45) is 2.65. The summed E-state index contributed by atoms with van der Waals surface area (Å²) in [6, 6.07) is 17.6. The maximum absolute atomic E-state index is 13.5. The molecule has 0 amide bonds. The number of ether oxygens (including phenoxy) is 4. The minimum absolute atomic E-state index is 0.100. The molecule has 0 aliphatic heterocycles. The van der Waals surface area contributed by atoms with Crippen LogP contribution >= 0.6 is 0 Å². The summed E-state index contributed by atoms with van der Waals surface area (Å²) in [5.41, 5.74) is -0.0548. The smallest absolute Gasteiger partial charge is 0.268 e. The number of rotatable bonds is 13. The van der Waals surface area contributed by atoms with Gasteiger partial charge in [-0.15, -0.1) is 0 Å². The highest BCUT2D eigenvalue weighted by atomic mass is 16.5. The van der Waals surface area contributed by atoms with Crippen LogP contribution in [0.5, 0.6) is 17.2 Å². The van der Waals surface area contributed by atoms with Crippen molar-refractivity contribution >= 4 is 5.78 Å². The van der Waals surface area contributed by atoms with Crippen molar-refractivity contribution in [2.24, 2.45) is 0 Å². The van der Waals surface area contributed by atoms with Crippen molar-refractivity contribution in [1.29, 1.82) is 5.26 Å². The number of para-hydroxylation sites is 1. The highest BCUT2D eigenvalue weighted by molar-refractivity contribution is 6.11. The van der Waals surface area contributed by atoms with Gasteiger partial charge in [0.15, 0.2) is 5.78 Å². The van der Waals surface area contributed by atoms with Gasteiger partial charge in [0.2, 0.25) is 0 Å². The van der Waals surface area contributed by atoms with Crippen LogP contribution in [0.2, 0.25) is 0 Å². The van der Waals surface area contributed by atoms with Gasteiger partial charge < -0.3 is 23.5 Å². The molecule has 0 saturated heterocycles. The Balaban J connectivity index is 1.78. The van der Waals surface area contributed by atoms with E-state index in [2.05, 4.69) is 0 Å². The first kappa shape index (κ1) is 25.5. The van der Waals surface area contributed by atoms with Gasteiger partial charge in [-0.1, -0.05) is 18.2 Å². The molecule has 35 heavy (non-hydrogen) atoms. The van der Waals surface area contributed by atoms with Gasteiger partial charge in [-0.25, -0.2) is 0 Å². The molecule has 3 aromatic rings. The molecule has 0 bridgehead atoms. The SMILES string of the molecule is COCCCn1cc(C(=O)c2cc(OC)ccc2OCCCOc2ccccc2)cc(C#N)c1=O. The normalized spacial score (nSPS) is 10.4. The van der Waals surface area contributed by atoms with E-state index in [4.69, 9.17) is 18.9 Å². The number of aromatic nitrogens is 1. The number of carbonyl (C=O) groups is 1. The Morgan fingerprint density at radius 1 is 0.943 bits per heavy atom. The number of benzene rings is 2. The molecule has 1 aromatic heterocycles. The number of carbonyl (C=O) groups excluding carboxylic acids is 1. The van der Waals surface area contributed by atoms with E-state index in [0.717, 1.165) is 5.75 Å². The van der Waals surface area contributed by atoms with Gasteiger partial charge in [0.05, 0.1) is 25.9 Å². The van der Waals surface area contributed by atoms with Crippen LogP contribution in [0.15, 0.2) is 65.6 Å². The summed E-state index contributed by atoms with van der Waals surface area (Å²) in [5.74, 6) is 1.27. The van der Waals surface area contributed by atoms with Crippen LogP contribution in [0.3, 0.4) is 0 Å². The summed E-state index contributed by atoms with van der Waals surface area (Å²) in [4.78, 5) is 26.0. The van der Waals surface area contributed by atoms with Crippen LogP contribution in [0.4, 0.5) is 0 Å². The number of ketones is 1. The number of aryl methyl sites for hydroxylation is 1. The molecule has 0 fully saturated rings. The van der Waals surface area contributed by atoms with Gasteiger partial charge >= 0.3 is 0 Å². The average molecular weight is 477 g/mol. The molecular weight excluding hydrogens is 448 g/mol. The molecular formula is C27H28N2O6. The molecule has 0 saturated carbocycles. The van der Waals surface area contributed by atoms with E-state index in [1.54, 1.807) is 25.3 Å². The first-order chi connectivity index (χ1) is 17.1. The molecule has 0 unspecified atom stereocenters. The first-order valence-electron chi connectivity index (χ1n) is 11.2. The topological polar surface area (TPSA) is 99.8 Å². The van der Waals surface area contributed by atoms with Crippen LogP contribution in [-0.4, -0.2) is 44.4 Å². The molecule has 0 aliphatic carbocycles. The second kappa shape index (κ2) is 13.0. The summed E-state index contributed by atoms with van der Waals surface area (Å²) in [6.45, 7) is 1.57. The molecule has 8 nitrogen and oxygen atoms in total. The van der Waals surface area contributed by atoms with Crippen molar-refractivity contribution in [3.05, 3.63) is 87.8 Å². The Morgan fingerprint density at radius 3 is 2.43 bits per heavy atom. The molecule has 8 heteroatoms. The lowest BCUT2D eigenvalue weighted by Crippen LogP contribution is -2.24. The van der Waals surface area contributed by atoms with Crippen molar-refractivity contribution in [1.82, 2.24) is 4.57 Å². The Hall–Kier alpha value is -4.09. The summed E-state index contributed by atoms with van der Waals surface area (Å²) in [5, 5.41) is 9.42. The van der Waals surface area contributed by atoms with E-state index in [1.807, 2.05) is 36.4 Å². The lowest BCUT2D eigenvalue weighted by molar-refractivity contribution is 0.103. The van der Waals surface area contributed by atoms with Crippen molar-refractivity contribution < 1.29 is 23.7 Å². The average Bonchev–Trinajstić information content (AvgIpc) is 2.89. The molecule has 182 valence electrons. The Bertz CT molecular complexity index is 1230. The molecule has 0 N–H and O–H groups in total. The highest BCUT2D eigenvalue weighted by Gasteiger charge is 2.19. The standard InChI is InChI=1S/C27H28N2O6/c1-32-13-6-12-29-19-21(16-20(18-28)27(29)31)26(30)24-17-23(33-2)10-11-25(24)35-15-7-14-34-22-8-4-3-5-9-22/h3-5,8-11,16-17,19H,6-7,12-15H2,1-2H3. The predicted octanol–water partition coefficient (Wildman–Crippen LogP) is 3.84. The van der Waals surface area contributed by atoms with Crippen LogP contribution in [0, 0.1) is 11.3 Å². The fourth-order valence-electron chi connectivity index (χ4n) is 3.43. The zero-order valence-corrected chi connectivity index (χ0v) is 19.9. The van der Waals surface area contributed by atoms with Gasteiger partial charge in [0.25, 0.3) is 5.56 Å². The minimum atomic E-state index is -0.444. The largest absolute Gasteiger partial charge is 0.497 e. The van der Waals surface area contributed by atoms with E-state index >= 15 is 0 Å². The minimum Gasteiger partial charge on any atom is -0.497 e.